The molecule has 0 aromatic heterocycles. The van der Waals surface area contributed by atoms with Gasteiger partial charge in [0.1, 0.15) is 29.8 Å². The van der Waals surface area contributed by atoms with Gasteiger partial charge in [0, 0.05) is 39.8 Å². The van der Waals surface area contributed by atoms with Crippen LogP contribution in [-0.2, 0) is 47.5 Å². The van der Waals surface area contributed by atoms with Gasteiger partial charge in [-0.15, -0.1) is 0 Å². The van der Waals surface area contributed by atoms with E-state index in [4.69, 9.17) is 24.2 Å². The summed E-state index contributed by atoms with van der Waals surface area (Å²) in [5.41, 5.74) is 2.14. The molecule has 262 valence electrons. The number of aliphatic hydroxyl groups is 1. The Morgan fingerprint density at radius 3 is 2.22 bits per heavy atom. The number of hydrogen-bond donors (Lipinski definition) is 3. The minimum Gasteiger partial charge on any atom is -0.458 e. The largest absolute Gasteiger partial charge is 0.458 e. The minimum absolute atomic E-state index is 0.0986. The van der Waals surface area contributed by atoms with Crippen molar-refractivity contribution in [2.45, 2.75) is 55.8 Å². The van der Waals surface area contributed by atoms with E-state index in [-0.39, 0.29) is 44.5 Å². The van der Waals surface area contributed by atoms with E-state index in [1.165, 1.54) is 0 Å². The number of nitrogens with zero attached hydrogens (tertiary/aromatic N) is 1. The third-order valence-corrected chi connectivity index (χ3v) is 10.9. The lowest BCUT2D eigenvalue weighted by Gasteiger charge is -2.48. The van der Waals surface area contributed by atoms with E-state index in [1.807, 2.05) is 91.0 Å². The third kappa shape index (κ3) is 5.93. The van der Waals surface area contributed by atoms with Gasteiger partial charge in [-0.1, -0.05) is 84.9 Å². The molecule has 4 aliphatic rings. The number of ether oxygens (including phenoxy) is 3. The van der Waals surface area contributed by atoms with Gasteiger partial charge in [0.05, 0.1) is 13.2 Å². The zero-order chi connectivity index (χ0) is 35.2. The zero-order valence-corrected chi connectivity index (χ0v) is 29.6. The smallest absolute Gasteiger partial charge is 0.327 e. The molecule has 12 heteroatoms. The lowest BCUT2D eigenvalue weighted by molar-refractivity contribution is -0.213. The maximum absolute atomic E-state index is 14.8. The molecule has 2 bridgehead atoms. The Morgan fingerprint density at radius 2 is 1.53 bits per heavy atom. The van der Waals surface area contributed by atoms with Gasteiger partial charge >= 0.3 is 5.97 Å². The number of fused-ring (bicyclic) bond motifs is 4. The van der Waals surface area contributed by atoms with Crippen LogP contribution in [0.2, 0.25) is 0 Å². The molecule has 3 aliphatic heterocycles. The van der Waals surface area contributed by atoms with E-state index in [0.717, 1.165) is 20.3 Å². The topological polar surface area (TPSA) is 136 Å². The fraction of sp³-hybridized carbons (Fsp3) is 0.308. The van der Waals surface area contributed by atoms with Crippen molar-refractivity contribution in [3.63, 3.8) is 0 Å². The molecule has 0 radical (unpaired) electrons. The van der Waals surface area contributed by atoms with Gasteiger partial charge in [-0.05, 0) is 58.0 Å². The van der Waals surface area contributed by atoms with Crippen LogP contribution < -0.4 is 10.6 Å². The first-order valence-electron chi connectivity index (χ1n) is 16.9. The maximum Gasteiger partial charge on any atom is 0.327 e. The van der Waals surface area contributed by atoms with E-state index in [2.05, 4.69) is 33.2 Å². The summed E-state index contributed by atoms with van der Waals surface area (Å²) in [5.74, 6) is -2.61. The predicted molar refractivity (Wildman–Crippen MR) is 191 cm³/mol. The molecule has 0 spiro atoms. The Morgan fingerprint density at radius 1 is 0.843 bits per heavy atom. The predicted octanol–water partition coefficient (Wildman–Crippen LogP) is 3.81. The van der Waals surface area contributed by atoms with Crippen LogP contribution in [0.4, 0.5) is 0 Å². The van der Waals surface area contributed by atoms with Crippen molar-refractivity contribution in [3.8, 4) is 0 Å². The van der Waals surface area contributed by atoms with Crippen LogP contribution in [0, 0.1) is 8.99 Å². The number of carbonyl (C=O) groups is 3. The molecule has 11 nitrogen and oxygen atoms in total. The number of rotatable bonds is 10. The first kappa shape index (κ1) is 33.9. The van der Waals surface area contributed by atoms with Gasteiger partial charge in [-0.2, -0.15) is 5.06 Å². The molecule has 4 aromatic carbocycles. The van der Waals surface area contributed by atoms with Crippen molar-refractivity contribution >= 4 is 40.4 Å². The molecular formula is C39H36IN3O8. The van der Waals surface area contributed by atoms with Gasteiger partial charge in [-0.3, -0.25) is 19.2 Å². The average molecular weight is 802 g/mol. The average Bonchev–Trinajstić information content (AvgIpc) is 3.74. The molecule has 6 unspecified atom stereocenters. The summed E-state index contributed by atoms with van der Waals surface area (Å²) < 4.78 is 21.2. The standard InChI is InChI=1S/C39H36IN3O8/c40-29-16-14-24(15-17-29)23-43-33-36(46)48-30-21-38(33,37(47)42-22-25-8-7-9-26(20-25)35(45)41-18-19-44)34(51-43)32-31(30)49-39(50-32,27-10-3-1-4-11-27)28-12-5-2-6-13-28/h1-17,20,30-34,44H,18-19,21-23H2,(H,41,45)(H,42,47). The molecule has 1 aliphatic carbocycles. The monoisotopic (exact) mass is 801 g/mol. The van der Waals surface area contributed by atoms with Gasteiger partial charge in [0.25, 0.3) is 5.91 Å². The molecule has 4 fully saturated rings. The highest BCUT2D eigenvalue weighted by atomic mass is 127. The zero-order valence-electron chi connectivity index (χ0n) is 27.4. The molecule has 3 saturated heterocycles. The van der Waals surface area contributed by atoms with Crippen molar-refractivity contribution in [2.24, 2.45) is 5.41 Å². The quantitative estimate of drug-likeness (QED) is 0.162. The van der Waals surface area contributed by atoms with Crippen molar-refractivity contribution in [1.82, 2.24) is 15.7 Å². The number of aliphatic hydroxyl groups excluding tert-OH is 1. The summed E-state index contributed by atoms with van der Waals surface area (Å²) in [6.45, 7) is 0.289. The summed E-state index contributed by atoms with van der Waals surface area (Å²) in [4.78, 5) is 48.2. The molecule has 8 rings (SSSR count). The molecule has 3 heterocycles. The van der Waals surface area contributed by atoms with E-state index >= 15 is 0 Å². The first-order valence-corrected chi connectivity index (χ1v) is 18.0. The number of benzene rings is 4. The number of halogens is 1. The van der Waals surface area contributed by atoms with Crippen LogP contribution in [0.5, 0.6) is 0 Å². The molecule has 2 amide bonds. The second-order valence-electron chi connectivity index (χ2n) is 13.2. The summed E-state index contributed by atoms with van der Waals surface area (Å²) in [7, 11) is 0. The molecule has 51 heavy (non-hydrogen) atoms. The highest BCUT2D eigenvalue weighted by molar-refractivity contribution is 14.1. The summed E-state index contributed by atoms with van der Waals surface area (Å²) in [6.07, 6.45) is -3.03. The first-order chi connectivity index (χ1) is 24.8. The van der Waals surface area contributed by atoms with E-state index in [9.17, 15) is 14.4 Å². The summed E-state index contributed by atoms with van der Waals surface area (Å²) in [6, 6.07) is 33.0. The number of carbonyl (C=O) groups excluding carboxylic acids is 3. The Balaban J connectivity index is 1.16. The normalized spacial score (nSPS) is 27.3. The van der Waals surface area contributed by atoms with Crippen LogP contribution in [0.25, 0.3) is 0 Å². The number of hydroxylamine groups is 2. The highest BCUT2D eigenvalue weighted by Gasteiger charge is 2.76. The van der Waals surface area contributed by atoms with Crippen LogP contribution in [0.15, 0.2) is 109 Å². The van der Waals surface area contributed by atoms with Crippen LogP contribution in [-0.4, -0.2) is 71.6 Å². The lowest BCUT2D eigenvalue weighted by atomic mass is 9.62. The van der Waals surface area contributed by atoms with Crippen molar-refractivity contribution in [2.75, 3.05) is 13.2 Å². The van der Waals surface area contributed by atoms with Gasteiger partial charge in [-0.25, -0.2) is 0 Å². The molecule has 4 aromatic rings. The Hall–Kier alpha value is -4.18. The Kier molecular flexibility index (Phi) is 9.15. The van der Waals surface area contributed by atoms with Crippen molar-refractivity contribution in [3.05, 3.63) is 141 Å². The highest BCUT2D eigenvalue weighted by Crippen LogP contribution is 2.59. The molecule has 3 N–H and O–H groups in total. The number of hydrogen-bond acceptors (Lipinski definition) is 9. The van der Waals surface area contributed by atoms with E-state index < -0.39 is 47.6 Å². The minimum atomic E-state index is -1.38. The number of esters is 1. The lowest BCUT2D eigenvalue weighted by Crippen LogP contribution is -2.69. The van der Waals surface area contributed by atoms with Crippen molar-refractivity contribution < 1.29 is 38.5 Å². The number of amides is 2. The second kappa shape index (κ2) is 13.7. The Bertz CT molecular complexity index is 1890. The van der Waals surface area contributed by atoms with Gasteiger partial charge in [0.2, 0.25) is 11.7 Å². The van der Waals surface area contributed by atoms with Crippen LogP contribution in [0.1, 0.15) is 39.0 Å². The number of nitrogens with one attached hydrogen (secondary N) is 2. The fourth-order valence-electron chi connectivity index (χ4n) is 7.90. The van der Waals surface area contributed by atoms with E-state index in [0.29, 0.717) is 11.1 Å². The fourth-order valence-corrected chi connectivity index (χ4v) is 8.26. The maximum atomic E-state index is 14.8. The Labute approximate surface area is 308 Å². The van der Waals surface area contributed by atoms with E-state index in [1.54, 1.807) is 23.3 Å². The SMILES string of the molecule is O=C(NCCO)c1cccc(CNC(=O)C23CC4OC(=O)C2N(Cc2ccc(I)cc2)OC3C2OC(c3ccccc3)(c3ccccc3)OC42)c1. The van der Waals surface area contributed by atoms with Gasteiger partial charge < -0.3 is 30.0 Å². The van der Waals surface area contributed by atoms with Crippen molar-refractivity contribution in [1.29, 1.82) is 0 Å². The molecule has 1 saturated carbocycles. The van der Waals surface area contributed by atoms with Crippen LogP contribution in [0.3, 0.4) is 0 Å². The molecule has 6 atom stereocenters. The van der Waals surface area contributed by atoms with Crippen LogP contribution >= 0.6 is 22.6 Å². The van der Waals surface area contributed by atoms with Gasteiger partial charge in [0.15, 0.2) is 6.04 Å². The summed E-state index contributed by atoms with van der Waals surface area (Å²) >= 11 is 2.24. The molecular weight excluding hydrogens is 765 g/mol. The summed E-state index contributed by atoms with van der Waals surface area (Å²) in [5, 5.41) is 16.4. The third-order valence-electron chi connectivity index (χ3n) is 10.2. The second-order valence-corrected chi connectivity index (χ2v) is 14.5.